The van der Waals surface area contributed by atoms with Crippen LogP contribution in [-0.4, -0.2) is 7.25 Å². The second-order valence-corrected chi connectivity index (χ2v) is 2.59. The molecule has 0 nitrogen and oxygen atoms in total. The molecule has 0 aliphatic heterocycles. The van der Waals surface area contributed by atoms with E-state index in [1.54, 1.807) is 0 Å². The van der Waals surface area contributed by atoms with Crippen LogP contribution < -0.4 is 0 Å². The summed E-state index contributed by atoms with van der Waals surface area (Å²) in [6.07, 6.45) is 14.0. The zero-order valence-corrected chi connectivity index (χ0v) is 9.10. The van der Waals surface area contributed by atoms with Gasteiger partial charge in [-0.1, -0.05) is 24.3 Å². The first kappa shape index (κ1) is 16.4. The maximum atomic E-state index is 9.75. The fourth-order valence-electron chi connectivity index (χ4n) is 0.856. The van der Waals surface area contributed by atoms with Crippen LogP contribution in [0.5, 0.6) is 0 Å². The molecule has 0 saturated heterocycles. The van der Waals surface area contributed by atoms with E-state index in [0.717, 1.165) is 0 Å². The molecule has 14 heavy (non-hydrogen) atoms. The van der Waals surface area contributed by atoms with Crippen molar-refractivity contribution in [3.05, 3.63) is 24.3 Å². The van der Waals surface area contributed by atoms with Crippen LogP contribution in [0.4, 0.5) is 17.3 Å². The standard InChI is InChI=1S/C8H12.BF4.Pd/c1-2-4-6-8-7-5-3-1;2-1(3,4)5;/h1-2,7-8H,3-6H2;;/q;-1;. The van der Waals surface area contributed by atoms with Crippen LogP contribution in [0.15, 0.2) is 24.3 Å². The summed E-state index contributed by atoms with van der Waals surface area (Å²) in [7, 11) is -6.00. The van der Waals surface area contributed by atoms with E-state index in [1.807, 2.05) is 0 Å². The number of hydrogen-bond donors (Lipinski definition) is 0. The fraction of sp³-hybridized carbons (Fsp3) is 0.500. The zero-order valence-electron chi connectivity index (χ0n) is 7.54. The van der Waals surface area contributed by atoms with Gasteiger partial charge in [0.1, 0.15) is 0 Å². The number of hydrogen-bond acceptors (Lipinski definition) is 0. The molecule has 1 aliphatic rings. The second kappa shape index (κ2) is 9.48. The minimum absolute atomic E-state index is 0. The third-order valence-electron chi connectivity index (χ3n) is 1.33. The average Bonchev–Trinajstić information content (AvgIpc) is 1.79. The van der Waals surface area contributed by atoms with Gasteiger partial charge >= 0.3 is 7.25 Å². The summed E-state index contributed by atoms with van der Waals surface area (Å²) in [6, 6.07) is 0. The second-order valence-electron chi connectivity index (χ2n) is 2.59. The van der Waals surface area contributed by atoms with Gasteiger partial charge in [0.15, 0.2) is 0 Å². The molecule has 1 aliphatic carbocycles. The van der Waals surface area contributed by atoms with Crippen molar-refractivity contribution in [3.63, 3.8) is 0 Å². The molecule has 0 heterocycles. The van der Waals surface area contributed by atoms with Gasteiger partial charge in [0, 0.05) is 20.4 Å². The maximum Gasteiger partial charge on any atom is 0.673 e. The average molecular weight is 301 g/mol. The van der Waals surface area contributed by atoms with Crippen LogP contribution in [0, 0.1) is 0 Å². The molecular formula is C8H12BF4Pd-. The maximum absolute atomic E-state index is 9.75. The van der Waals surface area contributed by atoms with Gasteiger partial charge < -0.3 is 17.3 Å². The van der Waals surface area contributed by atoms with E-state index >= 15 is 0 Å². The molecule has 0 saturated carbocycles. The Labute approximate surface area is 95.2 Å². The minimum Gasteiger partial charge on any atom is -0.418 e. The molecule has 0 atom stereocenters. The van der Waals surface area contributed by atoms with Crippen molar-refractivity contribution in [1.29, 1.82) is 0 Å². The summed E-state index contributed by atoms with van der Waals surface area (Å²) in [5, 5.41) is 0. The van der Waals surface area contributed by atoms with Gasteiger partial charge in [-0.25, -0.2) is 0 Å². The van der Waals surface area contributed by atoms with Crippen molar-refractivity contribution >= 4 is 7.25 Å². The predicted octanol–water partition coefficient (Wildman–Crippen LogP) is 3.97. The summed E-state index contributed by atoms with van der Waals surface area (Å²) in [5.41, 5.74) is 0. The van der Waals surface area contributed by atoms with Crippen LogP contribution in [-0.2, 0) is 20.4 Å². The van der Waals surface area contributed by atoms with Crippen molar-refractivity contribution in [2.75, 3.05) is 0 Å². The van der Waals surface area contributed by atoms with E-state index in [2.05, 4.69) is 24.3 Å². The van der Waals surface area contributed by atoms with Crippen LogP contribution >= 0.6 is 0 Å². The Hall–Kier alpha value is -0.0727. The Kier molecular flexibility index (Phi) is 11.1. The molecule has 1 rings (SSSR count). The summed E-state index contributed by atoms with van der Waals surface area (Å²) in [5.74, 6) is 0. The van der Waals surface area contributed by atoms with Crippen LogP contribution in [0.1, 0.15) is 25.7 Å². The quantitative estimate of drug-likeness (QED) is 0.361. The summed E-state index contributed by atoms with van der Waals surface area (Å²) in [6.45, 7) is 0. The van der Waals surface area contributed by atoms with E-state index in [-0.39, 0.29) is 20.4 Å². The third kappa shape index (κ3) is 22.7. The fourth-order valence-corrected chi connectivity index (χ4v) is 0.856. The monoisotopic (exact) mass is 301 g/mol. The summed E-state index contributed by atoms with van der Waals surface area (Å²) < 4.78 is 39.0. The molecule has 0 fully saturated rings. The number of halogens is 4. The molecule has 0 aromatic carbocycles. The van der Waals surface area contributed by atoms with Gasteiger partial charge in [-0.15, -0.1) is 0 Å². The van der Waals surface area contributed by atoms with Crippen molar-refractivity contribution in [2.45, 2.75) is 25.7 Å². The smallest absolute Gasteiger partial charge is 0.418 e. The Balaban J connectivity index is 0. The zero-order chi connectivity index (χ0) is 10.2. The van der Waals surface area contributed by atoms with Gasteiger partial charge in [0.05, 0.1) is 0 Å². The largest absolute Gasteiger partial charge is 0.673 e. The first-order valence-electron chi connectivity index (χ1n) is 4.17. The van der Waals surface area contributed by atoms with Crippen molar-refractivity contribution in [2.24, 2.45) is 0 Å². The molecule has 0 spiro atoms. The topological polar surface area (TPSA) is 0 Å². The van der Waals surface area contributed by atoms with Gasteiger partial charge in [-0.05, 0) is 25.7 Å². The number of rotatable bonds is 0. The molecule has 0 N–H and O–H groups in total. The predicted molar refractivity (Wildman–Crippen MR) is 46.9 cm³/mol. The van der Waals surface area contributed by atoms with E-state index < -0.39 is 7.25 Å². The van der Waals surface area contributed by atoms with Crippen molar-refractivity contribution < 1.29 is 37.7 Å². The van der Waals surface area contributed by atoms with Gasteiger partial charge in [-0.2, -0.15) is 0 Å². The normalized spacial score (nSPS) is 15.7. The van der Waals surface area contributed by atoms with E-state index in [1.165, 1.54) is 25.7 Å². The Morgan fingerprint density at radius 1 is 0.643 bits per heavy atom. The molecule has 0 unspecified atom stereocenters. The summed E-state index contributed by atoms with van der Waals surface area (Å²) >= 11 is 0. The van der Waals surface area contributed by atoms with E-state index in [4.69, 9.17) is 0 Å². The molecule has 0 radical (unpaired) electrons. The molecular weight excluding hydrogens is 289 g/mol. The Morgan fingerprint density at radius 2 is 0.786 bits per heavy atom. The van der Waals surface area contributed by atoms with Crippen molar-refractivity contribution in [1.82, 2.24) is 0 Å². The number of allylic oxidation sites excluding steroid dienone is 4. The van der Waals surface area contributed by atoms with Crippen LogP contribution in [0.2, 0.25) is 0 Å². The molecule has 0 aromatic rings. The first-order chi connectivity index (χ1) is 6.00. The van der Waals surface area contributed by atoms with Crippen LogP contribution in [0.3, 0.4) is 0 Å². The van der Waals surface area contributed by atoms with Gasteiger partial charge in [0.2, 0.25) is 0 Å². The summed E-state index contributed by atoms with van der Waals surface area (Å²) in [4.78, 5) is 0. The SMILES string of the molecule is C1=CCCC=CCC1.F[B-](F)(F)F.[Pd]. The minimum atomic E-state index is -6.00. The van der Waals surface area contributed by atoms with Gasteiger partial charge in [0.25, 0.3) is 0 Å². The third-order valence-corrected chi connectivity index (χ3v) is 1.33. The molecule has 6 heteroatoms. The van der Waals surface area contributed by atoms with E-state index in [0.29, 0.717) is 0 Å². The van der Waals surface area contributed by atoms with Crippen LogP contribution in [0.25, 0.3) is 0 Å². The molecule has 0 bridgehead atoms. The van der Waals surface area contributed by atoms with E-state index in [9.17, 15) is 17.3 Å². The first-order valence-corrected chi connectivity index (χ1v) is 4.17. The van der Waals surface area contributed by atoms with Crippen molar-refractivity contribution in [3.8, 4) is 0 Å². The molecule has 0 amide bonds. The Morgan fingerprint density at radius 3 is 0.929 bits per heavy atom. The molecule has 86 valence electrons. The van der Waals surface area contributed by atoms with Gasteiger partial charge in [-0.3, -0.25) is 0 Å². The Bertz CT molecular complexity index is 145. The molecule has 0 aromatic heterocycles.